The first kappa shape index (κ1) is 13.1. The molecule has 0 bridgehead atoms. The van der Waals surface area contributed by atoms with Crippen molar-refractivity contribution in [2.45, 2.75) is 25.9 Å². The Kier molecular flexibility index (Phi) is 6.11. The molecule has 0 aliphatic carbocycles. The molecule has 0 aliphatic heterocycles. The highest BCUT2D eigenvalue weighted by atomic mass is 79.9. The first-order chi connectivity index (χ1) is 6.45. The third-order valence-electron chi connectivity index (χ3n) is 1.31. The van der Waals surface area contributed by atoms with Gasteiger partial charge in [0.25, 0.3) is 0 Å². The molecule has 1 atom stereocenters. The number of halogens is 1. The highest BCUT2D eigenvalue weighted by Gasteiger charge is 2.17. The lowest BCUT2D eigenvalue weighted by Gasteiger charge is -2.12. The zero-order chi connectivity index (χ0) is 11.1. The van der Waals surface area contributed by atoms with Crippen LogP contribution in [0.15, 0.2) is 0 Å². The predicted molar refractivity (Wildman–Crippen MR) is 51.2 cm³/mol. The second-order valence-corrected chi connectivity index (χ2v) is 3.35. The molecule has 6 heteroatoms. The van der Waals surface area contributed by atoms with Gasteiger partial charge in [0.1, 0.15) is 18.3 Å². The minimum absolute atomic E-state index is 0.0723. The number of Topliss-reactive ketones (excluding diaryl/α,β-unsaturated/α-hetero) is 1. The molecule has 14 heavy (non-hydrogen) atoms. The molecule has 0 saturated heterocycles. The van der Waals surface area contributed by atoms with E-state index in [0.29, 0.717) is 5.33 Å². The Morgan fingerprint density at radius 1 is 1.43 bits per heavy atom. The molecule has 0 rings (SSSR count). The maximum absolute atomic E-state index is 11.0. The van der Waals surface area contributed by atoms with Crippen molar-refractivity contribution in [2.24, 2.45) is 0 Å². The van der Waals surface area contributed by atoms with Gasteiger partial charge < -0.3 is 9.84 Å². The van der Waals surface area contributed by atoms with Crippen LogP contribution in [0.2, 0.25) is 0 Å². The molecule has 0 amide bonds. The minimum Gasteiger partial charge on any atom is -0.481 e. The van der Waals surface area contributed by atoms with Gasteiger partial charge in [-0.25, -0.2) is 0 Å². The Morgan fingerprint density at radius 2 is 2.00 bits per heavy atom. The van der Waals surface area contributed by atoms with Crippen LogP contribution in [0.3, 0.4) is 0 Å². The topological polar surface area (TPSA) is 80.7 Å². The summed E-state index contributed by atoms with van der Waals surface area (Å²) in [6, 6.07) is 0. The zero-order valence-electron chi connectivity index (χ0n) is 7.66. The molecule has 0 radical (unpaired) electrons. The Balaban J connectivity index is 3.98. The first-order valence-corrected chi connectivity index (χ1v) is 5.04. The quantitative estimate of drug-likeness (QED) is 0.436. The Morgan fingerprint density at radius 3 is 2.36 bits per heavy atom. The van der Waals surface area contributed by atoms with E-state index in [0.717, 1.165) is 0 Å². The van der Waals surface area contributed by atoms with E-state index in [9.17, 15) is 14.4 Å². The second kappa shape index (κ2) is 6.53. The number of carboxylic acid groups (broad SMARTS) is 1. The lowest BCUT2D eigenvalue weighted by atomic mass is 10.1. The van der Waals surface area contributed by atoms with E-state index < -0.39 is 30.2 Å². The molecule has 0 unspecified atom stereocenters. The highest BCUT2D eigenvalue weighted by molar-refractivity contribution is 9.09. The van der Waals surface area contributed by atoms with Crippen molar-refractivity contribution in [3.05, 3.63) is 0 Å². The maximum Gasteiger partial charge on any atom is 0.310 e. The fraction of sp³-hybridized carbons (Fsp3) is 0.625. The smallest absolute Gasteiger partial charge is 0.310 e. The van der Waals surface area contributed by atoms with Gasteiger partial charge in [0.05, 0.1) is 0 Å². The van der Waals surface area contributed by atoms with E-state index in [1.165, 1.54) is 6.92 Å². The molecule has 5 nitrogen and oxygen atoms in total. The van der Waals surface area contributed by atoms with Gasteiger partial charge in [0.15, 0.2) is 0 Å². The number of rotatable bonds is 6. The van der Waals surface area contributed by atoms with Gasteiger partial charge >= 0.3 is 11.9 Å². The van der Waals surface area contributed by atoms with Crippen LogP contribution in [0.5, 0.6) is 0 Å². The summed E-state index contributed by atoms with van der Waals surface area (Å²) in [7, 11) is 0. The van der Waals surface area contributed by atoms with E-state index in [1.807, 2.05) is 0 Å². The van der Waals surface area contributed by atoms with Gasteiger partial charge in [-0.05, 0) is 0 Å². The third kappa shape index (κ3) is 6.59. The number of hydrogen-bond donors (Lipinski definition) is 1. The van der Waals surface area contributed by atoms with Gasteiger partial charge in [-0.15, -0.1) is 0 Å². The largest absolute Gasteiger partial charge is 0.481 e. The van der Waals surface area contributed by atoms with Crippen LogP contribution in [0.25, 0.3) is 0 Å². The number of aliphatic carboxylic acids is 1. The van der Waals surface area contributed by atoms with Crippen molar-refractivity contribution >= 4 is 33.7 Å². The molecule has 1 N–H and O–H groups in total. The molecular weight excluding hydrogens is 256 g/mol. The van der Waals surface area contributed by atoms with Crippen LogP contribution in [0.1, 0.15) is 19.8 Å². The number of alkyl halides is 1. The Labute approximate surface area is 89.6 Å². The van der Waals surface area contributed by atoms with E-state index in [-0.39, 0.29) is 6.42 Å². The molecule has 0 saturated carbocycles. The standard InChI is InChI=1S/C8H11BrO5/c1-5(10)14-7(4-9)2-6(11)3-8(12)13/h7H,2-4H2,1H3,(H,12,13)/t7-/m0/s1. The van der Waals surface area contributed by atoms with Gasteiger partial charge in [-0.1, -0.05) is 15.9 Å². The zero-order valence-corrected chi connectivity index (χ0v) is 9.24. The average Bonchev–Trinajstić information content (AvgIpc) is 2.00. The number of ketones is 1. The van der Waals surface area contributed by atoms with Gasteiger partial charge in [0.2, 0.25) is 0 Å². The summed E-state index contributed by atoms with van der Waals surface area (Å²) in [5.41, 5.74) is 0. The SMILES string of the molecule is CC(=O)O[C@H](CBr)CC(=O)CC(=O)O. The van der Waals surface area contributed by atoms with Crippen LogP contribution >= 0.6 is 15.9 Å². The normalized spacial score (nSPS) is 11.9. The summed E-state index contributed by atoms with van der Waals surface area (Å²) >= 11 is 3.06. The van der Waals surface area contributed by atoms with Crippen molar-refractivity contribution < 1.29 is 24.2 Å². The number of hydrogen-bond acceptors (Lipinski definition) is 4. The number of esters is 1. The monoisotopic (exact) mass is 266 g/mol. The summed E-state index contributed by atoms with van der Waals surface area (Å²) < 4.78 is 4.75. The number of ether oxygens (including phenoxy) is 1. The molecule has 0 aromatic rings. The molecule has 0 fully saturated rings. The lowest BCUT2D eigenvalue weighted by Crippen LogP contribution is -2.22. The van der Waals surface area contributed by atoms with Crippen molar-refractivity contribution in [1.29, 1.82) is 0 Å². The number of carboxylic acids is 1. The van der Waals surface area contributed by atoms with E-state index in [4.69, 9.17) is 9.84 Å². The average molecular weight is 267 g/mol. The molecular formula is C8H11BrO5. The van der Waals surface area contributed by atoms with Crippen LogP contribution < -0.4 is 0 Å². The highest BCUT2D eigenvalue weighted by Crippen LogP contribution is 2.05. The van der Waals surface area contributed by atoms with E-state index in [2.05, 4.69) is 15.9 Å². The van der Waals surface area contributed by atoms with Crippen molar-refractivity contribution in [3.8, 4) is 0 Å². The van der Waals surface area contributed by atoms with Gasteiger partial charge in [-0.2, -0.15) is 0 Å². The van der Waals surface area contributed by atoms with Crippen LogP contribution in [-0.4, -0.2) is 34.3 Å². The fourth-order valence-corrected chi connectivity index (χ4v) is 1.22. The van der Waals surface area contributed by atoms with Crippen molar-refractivity contribution in [2.75, 3.05) is 5.33 Å². The number of carbonyl (C=O) groups is 3. The minimum atomic E-state index is -1.17. The van der Waals surface area contributed by atoms with Crippen molar-refractivity contribution in [1.82, 2.24) is 0 Å². The number of carbonyl (C=O) groups excluding carboxylic acids is 2. The summed E-state index contributed by atoms with van der Waals surface area (Å²) in [5.74, 6) is -2.12. The third-order valence-corrected chi connectivity index (χ3v) is 2.03. The first-order valence-electron chi connectivity index (χ1n) is 3.92. The molecule has 0 heterocycles. The summed E-state index contributed by atoms with van der Waals surface area (Å²) in [5, 5.41) is 8.63. The van der Waals surface area contributed by atoms with Crippen LogP contribution in [0, 0.1) is 0 Å². The molecule has 0 aromatic heterocycles. The van der Waals surface area contributed by atoms with Crippen LogP contribution in [0.4, 0.5) is 0 Å². The molecule has 80 valence electrons. The predicted octanol–water partition coefficient (Wildman–Crippen LogP) is 0.747. The Hall–Kier alpha value is -0.910. The second-order valence-electron chi connectivity index (χ2n) is 2.70. The summed E-state index contributed by atoms with van der Waals surface area (Å²) in [6.45, 7) is 1.23. The summed E-state index contributed by atoms with van der Waals surface area (Å²) in [4.78, 5) is 31.7. The van der Waals surface area contributed by atoms with Gasteiger partial charge in [-0.3, -0.25) is 14.4 Å². The maximum atomic E-state index is 11.0. The molecule has 0 aliphatic rings. The summed E-state index contributed by atoms with van der Waals surface area (Å²) in [6.07, 6.45) is -1.19. The Bertz CT molecular complexity index is 238. The van der Waals surface area contributed by atoms with Gasteiger partial charge in [0, 0.05) is 18.7 Å². The van der Waals surface area contributed by atoms with Crippen LogP contribution in [-0.2, 0) is 19.1 Å². The van der Waals surface area contributed by atoms with E-state index >= 15 is 0 Å². The lowest BCUT2D eigenvalue weighted by molar-refractivity contribution is -0.146. The molecule has 0 spiro atoms. The molecule has 0 aromatic carbocycles. The fourth-order valence-electron chi connectivity index (χ4n) is 0.857. The van der Waals surface area contributed by atoms with E-state index in [1.54, 1.807) is 0 Å². The van der Waals surface area contributed by atoms with Crippen molar-refractivity contribution in [3.63, 3.8) is 0 Å².